The predicted molar refractivity (Wildman–Crippen MR) is 148 cm³/mol. The molecule has 3 aromatic rings. The van der Waals surface area contributed by atoms with Gasteiger partial charge in [-0.3, -0.25) is 9.59 Å². The summed E-state index contributed by atoms with van der Waals surface area (Å²) in [6.07, 6.45) is 3.20. The number of hydrogen-bond donors (Lipinski definition) is 2. The van der Waals surface area contributed by atoms with E-state index in [1.807, 2.05) is 54.6 Å². The maximum absolute atomic E-state index is 13.2. The van der Waals surface area contributed by atoms with Crippen molar-refractivity contribution in [2.45, 2.75) is 50.6 Å². The Morgan fingerprint density at radius 3 is 2.13 bits per heavy atom. The van der Waals surface area contributed by atoms with Crippen LogP contribution >= 0.6 is 0 Å². The number of rotatable bonds is 9. The lowest BCUT2D eigenvalue weighted by Crippen LogP contribution is -2.45. The first-order chi connectivity index (χ1) is 19.0. The number of benzene rings is 3. The van der Waals surface area contributed by atoms with E-state index in [4.69, 9.17) is 4.74 Å². The average molecular weight is 527 g/mol. The number of alkyl carbamates (subject to hydrolysis) is 1. The summed E-state index contributed by atoms with van der Waals surface area (Å²) >= 11 is 0. The first-order valence-corrected chi connectivity index (χ1v) is 13.6. The fraction of sp³-hybridized carbons (Fsp3) is 0.344. The highest BCUT2D eigenvalue weighted by molar-refractivity contribution is 5.82. The van der Waals surface area contributed by atoms with E-state index < -0.39 is 12.1 Å². The molecule has 2 aliphatic rings. The molecule has 7 heteroatoms. The quantitative estimate of drug-likeness (QED) is 0.379. The minimum absolute atomic E-state index is 0.0190. The van der Waals surface area contributed by atoms with Crippen LogP contribution in [0.2, 0.25) is 0 Å². The fourth-order valence-corrected chi connectivity index (χ4v) is 5.99. The van der Waals surface area contributed by atoms with Gasteiger partial charge in [0, 0.05) is 24.9 Å². The maximum atomic E-state index is 13.2. The average Bonchev–Trinajstić information content (AvgIpc) is 3.26. The molecule has 0 aromatic heterocycles. The molecule has 0 radical (unpaired) electrons. The minimum atomic E-state index is -1.05. The van der Waals surface area contributed by atoms with Crippen molar-refractivity contribution in [3.8, 4) is 11.1 Å². The van der Waals surface area contributed by atoms with E-state index in [2.05, 4.69) is 29.6 Å². The Morgan fingerprint density at radius 2 is 1.46 bits per heavy atom. The van der Waals surface area contributed by atoms with Gasteiger partial charge in [-0.15, -0.1) is 0 Å². The zero-order chi connectivity index (χ0) is 27.2. The predicted octanol–water partition coefficient (Wildman–Crippen LogP) is 5.59. The summed E-state index contributed by atoms with van der Waals surface area (Å²) in [7, 11) is 0. The highest BCUT2D eigenvalue weighted by Gasteiger charge is 2.32. The largest absolute Gasteiger partial charge is 0.480 e. The number of nitrogens with zero attached hydrogens (tertiary/aromatic N) is 1. The van der Waals surface area contributed by atoms with Crippen LogP contribution in [0.1, 0.15) is 54.7 Å². The van der Waals surface area contributed by atoms with Gasteiger partial charge < -0.3 is 20.1 Å². The molecule has 0 saturated heterocycles. The number of ether oxygens (including phenoxy) is 1. The Labute approximate surface area is 228 Å². The number of carbonyl (C=O) groups is 3. The van der Waals surface area contributed by atoms with Gasteiger partial charge in [-0.2, -0.15) is 0 Å². The summed E-state index contributed by atoms with van der Waals surface area (Å²) in [6, 6.07) is 25.6. The summed E-state index contributed by atoms with van der Waals surface area (Å²) < 4.78 is 5.75. The molecule has 5 rings (SSSR count). The molecule has 0 unspecified atom stereocenters. The van der Waals surface area contributed by atoms with E-state index in [1.54, 1.807) is 0 Å². The lowest BCUT2D eigenvalue weighted by atomic mass is 9.82. The van der Waals surface area contributed by atoms with Gasteiger partial charge in [0.05, 0.1) is 0 Å². The Morgan fingerprint density at radius 1 is 0.846 bits per heavy atom. The fourth-order valence-electron chi connectivity index (χ4n) is 5.99. The molecule has 2 amide bonds. The third kappa shape index (κ3) is 6.30. The van der Waals surface area contributed by atoms with Crippen LogP contribution in [0, 0.1) is 5.92 Å². The van der Waals surface area contributed by atoms with Crippen LogP contribution in [0.15, 0.2) is 78.9 Å². The minimum Gasteiger partial charge on any atom is -0.480 e. The van der Waals surface area contributed by atoms with E-state index >= 15 is 0 Å². The van der Waals surface area contributed by atoms with E-state index in [1.165, 1.54) is 16.0 Å². The Hall–Kier alpha value is -4.13. The smallest absolute Gasteiger partial charge is 0.407 e. The molecule has 1 saturated carbocycles. The van der Waals surface area contributed by atoms with Gasteiger partial charge in [0.25, 0.3) is 0 Å². The Bertz CT molecular complexity index is 1280. The number of carboxylic acids is 1. The summed E-state index contributed by atoms with van der Waals surface area (Å²) in [5.41, 5.74) is 5.54. The molecule has 202 valence electrons. The molecule has 7 nitrogen and oxygen atoms in total. The molecule has 0 bridgehead atoms. The van der Waals surface area contributed by atoms with Crippen molar-refractivity contribution in [2.75, 3.05) is 13.2 Å². The van der Waals surface area contributed by atoms with Gasteiger partial charge in [-0.1, -0.05) is 91.7 Å². The van der Waals surface area contributed by atoms with Crippen LogP contribution in [0.3, 0.4) is 0 Å². The van der Waals surface area contributed by atoms with Crippen LogP contribution in [0.4, 0.5) is 4.79 Å². The van der Waals surface area contributed by atoms with Crippen molar-refractivity contribution in [3.63, 3.8) is 0 Å². The lowest BCUT2D eigenvalue weighted by Gasteiger charge is -2.33. The van der Waals surface area contributed by atoms with E-state index in [-0.39, 0.29) is 49.9 Å². The molecule has 39 heavy (non-hydrogen) atoms. The third-order valence-corrected chi connectivity index (χ3v) is 7.89. The van der Waals surface area contributed by atoms with Crippen molar-refractivity contribution < 1.29 is 24.2 Å². The van der Waals surface area contributed by atoms with Gasteiger partial charge in [-0.25, -0.2) is 4.79 Å². The van der Waals surface area contributed by atoms with Crippen LogP contribution < -0.4 is 5.32 Å². The zero-order valence-corrected chi connectivity index (χ0v) is 21.9. The van der Waals surface area contributed by atoms with Crippen LogP contribution in [0.5, 0.6) is 0 Å². The normalized spacial score (nSPS) is 18.1. The second kappa shape index (κ2) is 12.2. The lowest BCUT2D eigenvalue weighted by molar-refractivity contribution is -0.145. The van der Waals surface area contributed by atoms with Gasteiger partial charge >= 0.3 is 12.1 Å². The number of carboxylic acid groups (broad SMARTS) is 1. The number of aliphatic carboxylic acids is 1. The number of nitrogens with one attached hydrogen (secondary N) is 1. The zero-order valence-electron chi connectivity index (χ0n) is 21.9. The maximum Gasteiger partial charge on any atom is 0.407 e. The summed E-state index contributed by atoms with van der Waals surface area (Å²) in [6.45, 7) is 0.119. The molecule has 2 atom stereocenters. The summed E-state index contributed by atoms with van der Waals surface area (Å²) in [5.74, 6) is -1.35. The monoisotopic (exact) mass is 526 g/mol. The SMILES string of the molecule is O=C(O)CN(Cc1ccccc1)C(=O)C[C@H]1CCCC[C@H]1NC(=O)OCC1c2ccccc2-c2ccccc21. The van der Waals surface area contributed by atoms with Crippen molar-refractivity contribution in [2.24, 2.45) is 5.92 Å². The molecule has 0 spiro atoms. The van der Waals surface area contributed by atoms with Crippen LogP contribution in [-0.4, -0.2) is 47.2 Å². The van der Waals surface area contributed by atoms with Crippen LogP contribution in [0.25, 0.3) is 11.1 Å². The molecule has 2 N–H and O–H groups in total. The van der Waals surface area contributed by atoms with Gasteiger partial charge in [0.2, 0.25) is 5.91 Å². The van der Waals surface area contributed by atoms with E-state index in [9.17, 15) is 19.5 Å². The number of amides is 2. The molecule has 3 aromatic carbocycles. The second-order valence-electron chi connectivity index (χ2n) is 10.5. The second-order valence-corrected chi connectivity index (χ2v) is 10.5. The molecular weight excluding hydrogens is 492 g/mol. The van der Waals surface area contributed by atoms with Gasteiger partial charge in [0.1, 0.15) is 13.2 Å². The van der Waals surface area contributed by atoms with Crippen molar-refractivity contribution in [1.29, 1.82) is 0 Å². The molecule has 1 fully saturated rings. The molecular formula is C32H34N2O5. The van der Waals surface area contributed by atoms with Crippen molar-refractivity contribution in [1.82, 2.24) is 10.2 Å². The number of fused-ring (bicyclic) bond motifs is 3. The number of hydrogen-bond acceptors (Lipinski definition) is 4. The molecule has 0 aliphatic heterocycles. The first-order valence-electron chi connectivity index (χ1n) is 13.6. The van der Waals surface area contributed by atoms with Crippen molar-refractivity contribution >= 4 is 18.0 Å². The standard InChI is InChI=1S/C32H34N2O5/c35-30(34(20-31(36)37)19-22-10-2-1-3-11-22)18-23-12-4-9-17-29(23)33-32(38)39-21-28-26-15-7-5-13-24(26)25-14-6-8-16-27(25)28/h1-3,5-8,10-11,13-16,23,28-29H,4,9,12,17-21H2,(H,33,38)(H,36,37)/t23-,29-/m1/s1. The number of carbonyl (C=O) groups excluding carboxylic acids is 2. The van der Waals surface area contributed by atoms with E-state index in [0.29, 0.717) is 0 Å². The summed E-state index contributed by atoms with van der Waals surface area (Å²) in [4.78, 5) is 39.0. The Kier molecular flexibility index (Phi) is 8.25. The molecule has 0 heterocycles. The topological polar surface area (TPSA) is 95.9 Å². The Balaban J connectivity index is 1.20. The van der Waals surface area contributed by atoms with Gasteiger partial charge in [0.15, 0.2) is 0 Å². The van der Waals surface area contributed by atoms with Crippen LogP contribution in [-0.2, 0) is 20.9 Å². The van der Waals surface area contributed by atoms with Gasteiger partial charge in [-0.05, 0) is 46.6 Å². The third-order valence-electron chi connectivity index (χ3n) is 7.89. The molecule has 2 aliphatic carbocycles. The highest BCUT2D eigenvalue weighted by Crippen LogP contribution is 2.44. The van der Waals surface area contributed by atoms with Crippen molar-refractivity contribution in [3.05, 3.63) is 95.6 Å². The highest BCUT2D eigenvalue weighted by atomic mass is 16.5. The summed E-state index contributed by atoms with van der Waals surface area (Å²) in [5, 5.41) is 12.4. The first kappa shape index (κ1) is 26.5. The van der Waals surface area contributed by atoms with E-state index in [0.717, 1.165) is 42.4 Å².